The summed E-state index contributed by atoms with van der Waals surface area (Å²) in [6.07, 6.45) is 3.95. The number of ether oxygens (including phenoxy) is 1. The molecule has 0 bridgehead atoms. The van der Waals surface area contributed by atoms with Crippen molar-refractivity contribution in [3.05, 3.63) is 82.3 Å². The van der Waals surface area contributed by atoms with Crippen LogP contribution in [0.5, 0.6) is 5.75 Å². The van der Waals surface area contributed by atoms with Gasteiger partial charge < -0.3 is 15.2 Å². The molecule has 2 heterocycles. The smallest absolute Gasteiger partial charge is 0.278 e. The number of alkyl halides is 2. The second-order valence-electron chi connectivity index (χ2n) is 8.28. The van der Waals surface area contributed by atoms with Gasteiger partial charge in [0, 0.05) is 19.2 Å². The molecule has 1 aliphatic rings. The highest BCUT2D eigenvalue weighted by Gasteiger charge is 2.31. The van der Waals surface area contributed by atoms with Gasteiger partial charge in [0.25, 0.3) is 17.4 Å². The number of pyridine rings is 2. The Hall–Kier alpha value is -3.66. The lowest BCUT2D eigenvalue weighted by atomic mass is 10.1. The zero-order valence-electron chi connectivity index (χ0n) is 18.2. The van der Waals surface area contributed by atoms with E-state index in [1.165, 1.54) is 30.6 Å². The van der Waals surface area contributed by atoms with E-state index < -0.39 is 35.9 Å². The quantitative estimate of drug-likeness (QED) is 0.514. The Balaban J connectivity index is 1.57. The first-order valence-electron chi connectivity index (χ1n) is 10.6. The molecule has 1 unspecified atom stereocenters. The van der Waals surface area contributed by atoms with Crippen molar-refractivity contribution in [1.29, 1.82) is 0 Å². The van der Waals surface area contributed by atoms with Gasteiger partial charge in [-0.25, -0.2) is 13.2 Å². The average molecular weight is 473 g/mol. The van der Waals surface area contributed by atoms with E-state index in [2.05, 4.69) is 10.3 Å². The number of rotatable bonds is 8. The molecule has 1 aliphatic carbocycles. The normalized spacial score (nSPS) is 14.5. The van der Waals surface area contributed by atoms with Crippen LogP contribution in [0.1, 0.15) is 41.9 Å². The van der Waals surface area contributed by atoms with E-state index in [9.17, 15) is 27.9 Å². The van der Waals surface area contributed by atoms with E-state index in [-0.39, 0.29) is 22.9 Å². The summed E-state index contributed by atoms with van der Waals surface area (Å²) < 4.78 is 46.3. The van der Waals surface area contributed by atoms with Gasteiger partial charge in [-0.2, -0.15) is 0 Å². The van der Waals surface area contributed by atoms with Crippen molar-refractivity contribution in [1.82, 2.24) is 9.55 Å². The lowest BCUT2D eigenvalue weighted by Gasteiger charge is -2.16. The number of hydrogen-bond acceptors (Lipinski definition) is 5. The number of benzene rings is 1. The molecule has 3 aromatic rings. The van der Waals surface area contributed by atoms with E-state index in [0.29, 0.717) is 18.3 Å². The first-order chi connectivity index (χ1) is 16.1. The molecular formula is C24H22F3N3O4. The molecule has 1 fully saturated rings. The summed E-state index contributed by atoms with van der Waals surface area (Å²) >= 11 is 0. The van der Waals surface area contributed by atoms with Crippen molar-refractivity contribution in [2.45, 2.75) is 31.8 Å². The van der Waals surface area contributed by atoms with E-state index in [1.54, 1.807) is 12.1 Å². The van der Waals surface area contributed by atoms with E-state index in [1.807, 2.05) is 0 Å². The Kier molecular flexibility index (Phi) is 6.43. The third kappa shape index (κ3) is 5.45. The van der Waals surface area contributed by atoms with Gasteiger partial charge in [-0.05, 0) is 55.2 Å². The van der Waals surface area contributed by atoms with Crippen LogP contribution in [-0.2, 0) is 0 Å². The molecule has 7 nitrogen and oxygen atoms in total. The molecule has 1 amide bonds. The lowest BCUT2D eigenvalue weighted by molar-refractivity contribution is -0.0230. The number of hydrogen-bond donors (Lipinski definition) is 2. The van der Waals surface area contributed by atoms with Gasteiger partial charge in [-0.15, -0.1) is 0 Å². The highest BCUT2D eigenvalue weighted by Crippen LogP contribution is 2.40. The van der Waals surface area contributed by atoms with Crippen molar-refractivity contribution >= 4 is 11.6 Å². The Labute approximate surface area is 192 Å². The zero-order valence-corrected chi connectivity index (χ0v) is 18.2. The number of halogens is 3. The summed E-state index contributed by atoms with van der Waals surface area (Å²) in [5, 5.41) is 12.7. The van der Waals surface area contributed by atoms with Gasteiger partial charge >= 0.3 is 0 Å². The first kappa shape index (κ1) is 23.5. The minimum atomic E-state index is -3.17. The first-order valence-corrected chi connectivity index (χ1v) is 10.6. The van der Waals surface area contributed by atoms with Gasteiger partial charge in [0.05, 0.1) is 29.4 Å². The Morgan fingerprint density at radius 1 is 1.29 bits per heavy atom. The minimum absolute atomic E-state index is 0.00498. The van der Waals surface area contributed by atoms with Gasteiger partial charge in [0.2, 0.25) is 0 Å². The van der Waals surface area contributed by atoms with Crippen molar-refractivity contribution < 1.29 is 27.8 Å². The minimum Gasteiger partial charge on any atom is -0.485 e. The summed E-state index contributed by atoms with van der Waals surface area (Å²) in [7, 11) is 0. The molecule has 1 atom stereocenters. The highest BCUT2D eigenvalue weighted by atomic mass is 19.3. The van der Waals surface area contributed by atoms with Crippen LogP contribution < -0.4 is 15.6 Å². The van der Waals surface area contributed by atoms with Gasteiger partial charge in [-0.1, -0.05) is 0 Å². The molecular weight excluding hydrogens is 451 g/mol. The maximum Gasteiger partial charge on any atom is 0.278 e. The lowest BCUT2D eigenvalue weighted by Crippen LogP contribution is -2.28. The number of aromatic nitrogens is 2. The number of nitrogens with zero attached hydrogens (tertiary/aromatic N) is 2. The zero-order chi connectivity index (χ0) is 24.5. The van der Waals surface area contributed by atoms with E-state index in [4.69, 9.17) is 4.74 Å². The SMILES string of the molecule is CC(F)(F)COc1cc(F)ccc1-n1cccc(C(=O)Nc2ccc(C(O)C3CC3)nc2)c1=O. The van der Waals surface area contributed by atoms with Gasteiger partial charge in [0.1, 0.15) is 17.1 Å². The maximum atomic E-state index is 13.7. The molecule has 0 aliphatic heterocycles. The fourth-order valence-corrected chi connectivity index (χ4v) is 3.37. The Morgan fingerprint density at radius 3 is 2.71 bits per heavy atom. The number of anilines is 1. The molecule has 10 heteroatoms. The fraction of sp³-hybridized carbons (Fsp3) is 0.292. The maximum absolute atomic E-state index is 13.7. The van der Waals surface area contributed by atoms with Crippen molar-refractivity contribution in [2.75, 3.05) is 11.9 Å². The number of nitrogens with one attached hydrogen (secondary N) is 1. The van der Waals surface area contributed by atoms with Gasteiger partial charge in [-0.3, -0.25) is 19.1 Å². The predicted octanol–water partition coefficient (Wildman–Crippen LogP) is 4.10. The van der Waals surface area contributed by atoms with Crippen LogP contribution in [0.15, 0.2) is 59.7 Å². The summed E-state index contributed by atoms with van der Waals surface area (Å²) in [5.74, 6) is -4.69. The predicted molar refractivity (Wildman–Crippen MR) is 118 cm³/mol. The summed E-state index contributed by atoms with van der Waals surface area (Å²) in [4.78, 5) is 30.0. The number of carbonyl (C=O) groups is 1. The van der Waals surface area contributed by atoms with Crippen molar-refractivity contribution in [3.63, 3.8) is 0 Å². The molecule has 1 aromatic carbocycles. The van der Waals surface area contributed by atoms with Crippen LogP contribution in [0.3, 0.4) is 0 Å². The molecule has 34 heavy (non-hydrogen) atoms. The largest absolute Gasteiger partial charge is 0.485 e. The topological polar surface area (TPSA) is 93.4 Å². The number of carbonyl (C=O) groups excluding carboxylic acids is 1. The van der Waals surface area contributed by atoms with Crippen LogP contribution in [0, 0.1) is 11.7 Å². The third-order valence-corrected chi connectivity index (χ3v) is 5.27. The molecule has 2 aromatic heterocycles. The van der Waals surface area contributed by atoms with E-state index in [0.717, 1.165) is 29.5 Å². The van der Waals surface area contributed by atoms with Crippen molar-refractivity contribution in [2.24, 2.45) is 5.92 Å². The standard InChI is InChI=1S/C24H22F3N3O4/c1-24(26,27)13-34-20-11-15(25)6-9-19(20)30-10-2-3-17(23(30)33)22(32)29-16-7-8-18(28-12-16)21(31)14-4-5-14/h2-3,6-12,14,21,31H,4-5,13H2,1H3,(H,29,32). The van der Waals surface area contributed by atoms with Crippen LogP contribution in [-0.4, -0.2) is 33.1 Å². The monoisotopic (exact) mass is 473 g/mol. The molecule has 178 valence electrons. The van der Waals surface area contributed by atoms with Crippen LogP contribution in [0.2, 0.25) is 0 Å². The van der Waals surface area contributed by atoms with Crippen LogP contribution >= 0.6 is 0 Å². The molecule has 2 N–H and O–H groups in total. The third-order valence-electron chi connectivity index (χ3n) is 5.27. The van der Waals surface area contributed by atoms with Crippen LogP contribution in [0.25, 0.3) is 5.69 Å². The molecule has 0 radical (unpaired) electrons. The summed E-state index contributed by atoms with van der Waals surface area (Å²) in [6, 6.07) is 9.05. The summed E-state index contributed by atoms with van der Waals surface area (Å²) in [6.45, 7) is -0.367. The molecule has 0 spiro atoms. The second-order valence-corrected chi connectivity index (χ2v) is 8.28. The molecule has 1 saturated carbocycles. The average Bonchev–Trinajstić information content (AvgIpc) is 3.63. The second kappa shape index (κ2) is 9.30. The Morgan fingerprint density at radius 2 is 2.06 bits per heavy atom. The number of amides is 1. The highest BCUT2D eigenvalue weighted by molar-refractivity contribution is 6.03. The number of aliphatic hydroxyl groups excluding tert-OH is 1. The molecule has 4 rings (SSSR count). The fourth-order valence-electron chi connectivity index (χ4n) is 3.37. The Bertz CT molecular complexity index is 1250. The van der Waals surface area contributed by atoms with Gasteiger partial charge in [0.15, 0.2) is 6.61 Å². The van der Waals surface area contributed by atoms with Crippen LogP contribution in [0.4, 0.5) is 18.9 Å². The van der Waals surface area contributed by atoms with Crippen molar-refractivity contribution in [3.8, 4) is 11.4 Å². The molecule has 0 saturated heterocycles. The van der Waals surface area contributed by atoms with E-state index >= 15 is 0 Å². The summed E-state index contributed by atoms with van der Waals surface area (Å²) in [5.41, 5.74) is -0.161. The number of aliphatic hydroxyl groups is 1.